The van der Waals surface area contributed by atoms with E-state index >= 15 is 0 Å². The SMILES string of the molecule is O=C(NCC(O)C(F)(F)F)c1ccccc1. The summed E-state index contributed by atoms with van der Waals surface area (Å²) < 4.78 is 35.7. The molecule has 0 aliphatic rings. The van der Waals surface area contributed by atoms with E-state index in [9.17, 15) is 18.0 Å². The number of halogens is 3. The zero-order valence-electron chi connectivity index (χ0n) is 8.16. The third kappa shape index (κ3) is 3.54. The lowest BCUT2D eigenvalue weighted by molar-refractivity contribution is -0.201. The monoisotopic (exact) mass is 233 g/mol. The number of rotatable bonds is 3. The van der Waals surface area contributed by atoms with Crippen molar-refractivity contribution in [2.24, 2.45) is 0 Å². The lowest BCUT2D eigenvalue weighted by Gasteiger charge is -2.14. The van der Waals surface area contributed by atoms with Gasteiger partial charge in [0.1, 0.15) is 0 Å². The van der Waals surface area contributed by atoms with Gasteiger partial charge in [-0.15, -0.1) is 0 Å². The van der Waals surface area contributed by atoms with Crippen LogP contribution in [0.3, 0.4) is 0 Å². The second-order valence-electron chi connectivity index (χ2n) is 3.13. The first-order chi connectivity index (χ1) is 7.41. The Bertz CT molecular complexity index is 351. The molecule has 1 aromatic rings. The number of amides is 1. The Morgan fingerprint density at radius 1 is 1.31 bits per heavy atom. The Labute approximate surface area is 89.9 Å². The van der Waals surface area contributed by atoms with E-state index in [1.807, 2.05) is 5.32 Å². The van der Waals surface area contributed by atoms with Crippen molar-refractivity contribution in [3.8, 4) is 0 Å². The van der Waals surface area contributed by atoms with Gasteiger partial charge in [0, 0.05) is 5.56 Å². The fraction of sp³-hybridized carbons (Fsp3) is 0.300. The second-order valence-corrected chi connectivity index (χ2v) is 3.13. The highest BCUT2D eigenvalue weighted by atomic mass is 19.4. The van der Waals surface area contributed by atoms with Gasteiger partial charge in [-0.1, -0.05) is 18.2 Å². The summed E-state index contributed by atoms with van der Waals surface area (Å²) in [6.45, 7) is -0.850. The van der Waals surface area contributed by atoms with E-state index in [0.29, 0.717) is 0 Å². The predicted molar refractivity (Wildman–Crippen MR) is 50.8 cm³/mol. The highest BCUT2D eigenvalue weighted by molar-refractivity contribution is 5.94. The van der Waals surface area contributed by atoms with Crippen molar-refractivity contribution in [3.63, 3.8) is 0 Å². The normalized spacial score (nSPS) is 13.2. The molecule has 0 saturated carbocycles. The van der Waals surface area contributed by atoms with Gasteiger partial charge in [-0.25, -0.2) is 0 Å². The molecule has 1 rings (SSSR count). The summed E-state index contributed by atoms with van der Waals surface area (Å²) in [5, 5.41) is 10.6. The lowest BCUT2D eigenvalue weighted by Crippen LogP contribution is -2.40. The van der Waals surface area contributed by atoms with Gasteiger partial charge in [0.05, 0.1) is 6.54 Å². The molecule has 0 aliphatic heterocycles. The summed E-state index contributed by atoms with van der Waals surface area (Å²) in [5.41, 5.74) is 0.247. The van der Waals surface area contributed by atoms with Crippen LogP contribution in [0.5, 0.6) is 0 Å². The fourth-order valence-electron chi connectivity index (χ4n) is 0.997. The number of carbonyl (C=O) groups excluding carboxylic acids is 1. The zero-order chi connectivity index (χ0) is 12.2. The maximum atomic E-state index is 11.9. The van der Waals surface area contributed by atoms with E-state index in [1.54, 1.807) is 18.2 Å². The van der Waals surface area contributed by atoms with Gasteiger partial charge in [0.15, 0.2) is 6.10 Å². The first-order valence-electron chi connectivity index (χ1n) is 4.49. The predicted octanol–water partition coefficient (Wildman–Crippen LogP) is 1.34. The third-order valence-electron chi connectivity index (χ3n) is 1.87. The summed E-state index contributed by atoms with van der Waals surface area (Å²) in [7, 11) is 0. The van der Waals surface area contributed by atoms with Gasteiger partial charge in [-0.2, -0.15) is 13.2 Å². The molecular weight excluding hydrogens is 223 g/mol. The molecule has 1 amide bonds. The number of carbonyl (C=O) groups is 1. The van der Waals surface area contributed by atoms with E-state index in [0.717, 1.165) is 0 Å². The molecule has 1 aromatic carbocycles. The minimum atomic E-state index is -4.72. The fourth-order valence-corrected chi connectivity index (χ4v) is 0.997. The van der Waals surface area contributed by atoms with Crippen LogP contribution in [-0.2, 0) is 0 Å². The molecule has 0 bridgehead atoms. The van der Waals surface area contributed by atoms with Crippen molar-refractivity contribution in [1.82, 2.24) is 5.32 Å². The summed E-state index contributed by atoms with van der Waals surface area (Å²) in [5.74, 6) is -0.649. The zero-order valence-corrected chi connectivity index (χ0v) is 8.16. The summed E-state index contributed by atoms with van der Waals surface area (Å²) in [6, 6.07) is 7.80. The number of hydrogen-bond acceptors (Lipinski definition) is 2. The molecule has 2 N–H and O–H groups in total. The van der Waals surface area contributed by atoms with Gasteiger partial charge in [-0.05, 0) is 12.1 Å². The average molecular weight is 233 g/mol. The number of benzene rings is 1. The minimum absolute atomic E-state index is 0.247. The molecule has 0 radical (unpaired) electrons. The Hall–Kier alpha value is -1.56. The van der Waals surface area contributed by atoms with Gasteiger partial charge in [0.25, 0.3) is 5.91 Å². The molecule has 0 spiro atoms. The number of alkyl halides is 3. The molecule has 0 heterocycles. The maximum absolute atomic E-state index is 11.9. The molecular formula is C10H10F3NO2. The standard InChI is InChI=1S/C10H10F3NO2/c11-10(12,13)8(15)6-14-9(16)7-4-2-1-3-5-7/h1-5,8,15H,6H2,(H,14,16). The van der Waals surface area contributed by atoms with Crippen LogP contribution in [0.4, 0.5) is 13.2 Å². The van der Waals surface area contributed by atoms with Crippen molar-refractivity contribution in [1.29, 1.82) is 0 Å². The van der Waals surface area contributed by atoms with E-state index in [2.05, 4.69) is 0 Å². The maximum Gasteiger partial charge on any atom is 0.416 e. The van der Waals surface area contributed by atoms with Crippen molar-refractivity contribution in [2.75, 3.05) is 6.54 Å². The third-order valence-corrected chi connectivity index (χ3v) is 1.87. The summed E-state index contributed by atoms with van der Waals surface area (Å²) in [6.07, 6.45) is -7.26. The minimum Gasteiger partial charge on any atom is -0.382 e. The van der Waals surface area contributed by atoms with Gasteiger partial charge < -0.3 is 10.4 Å². The van der Waals surface area contributed by atoms with Crippen molar-refractivity contribution >= 4 is 5.91 Å². The first kappa shape index (κ1) is 12.5. The van der Waals surface area contributed by atoms with Crippen molar-refractivity contribution in [3.05, 3.63) is 35.9 Å². The molecule has 6 heteroatoms. The Balaban J connectivity index is 2.48. The van der Waals surface area contributed by atoms with Crippen molar-refractivity contribution in [2.45, 2.75) is 12.3 Å². The number of aliphatic hydroxyl groups is 1. The van der Waals surface area contributed by atoms with Crippen LogP contribution in [0.2, 0.25) is 0 Å². The molecule has 16 heavy (non-hydrogen) atoms. The van der Waals surface area contributed by atoms with Crippen LogP contribution in [0.15, 0.2) is 30.3 Å². The molecule has 1 unspecified atom stereocenters. The van der Waals surface area contributed by atoms with Crippen LogP contribution in [0, 0.1) is 0 Å². The quantitative estimate of drug-likeness (QED) is 0.827. The summed E-state index contributed by atoms with van der Waals surface area (Å²) >= 11 is 0. The Morgan fingerprint density at radius 2 is 1.88 bits per heavy atom. The highest BCUT2D eigenvalue weighted by Crippen LogP contribution is 2.19. The Morgan fingerprint density at radius 3 is 2.38 bits per heavy atom. The molecule has 1 atom stereocenters. The van der Waals surface area contributed by atoms with Gasteiger partial charge >= 0.3 is 6.18 Å². The Kier molecular flexibility index (Phi) is 3.89. The molecule has 88 valence electrons. The number of aliphatic hydroxyl groups excluding tert-OH is 1. The topological polar surface area (TPSA) is 49.3 Å². The van der Waals surface area contributed by atoms with E-state index in [4.69, 9.17) is 5.11 Å². The molecule has 0 fully saturated rings. The van der Waals surface area contributed by atoms with Crippen LogP contribution in [0.1, 0.15) is 10.4 Å². The lowest BCUT2D eigenvalue weighted by atomic mass is 10.2. The molecule has 0 aromatic heterocycles. The van der Waals surface area contributed by atoms with Crippen LogP contribution in [0.25, 0.3) is 0 Å². The second kappa shape index (κ2) is 4.98. The molecule has 0 aliphatic carbocycles. The first-order valence-corrected chi connectivity index (χ1v) is 4.49. The highest BCUT2D eigenvalue weighted by Gasteiger charge is 2.38. The number of nitrogens with one attached hydrogen (secondary N) is 1. The largest absolute Gasteiger partial charge is 0.416 e. The molecule has 0 saturated heterocycles. The van der Waals surface area contributed by atoms with Crippen LogP contribution < -0.4 is 5.32 Å². The molecule has 3 nitrogen and oxygen atoms in total. The van der Waals surface area contributed by atoms with E-state index in [1.165, 1.54) is 12.1 Å². The van der Waals surface area contributed by atoms with E-state index < -0.39 is 24.7 Å². The van der Waals surface area contributed by atoms with E-state index in [-0.39, 0.29) is 5.56 Å². The number of hydrogen-bond donors (Lipinski definition) is 2. The average Bonchev–Trinajstić information content (AvgIpc) is 2.25. The van der Waals surface area contributed by atoms with Gasteiger partial charge in [-0.3, -0.25) is 4.79 Å². The smallest absolute Gasteiger partial charge is 0.382 e. The van der Waals surface area contributed by atoms with Gasteiger partial charge in [0.2, 0.25) is 0 Å². The van der Waals surface area contributed by atoms with Crippen LogP contribution >= 0.6 is 0 Å². The van der Waals surface area contributed by atoms with Crippen molar-refractivity contribution < 1.29 is 23.1 Å². The van der Waals surface area contributed by atoms with Crippen LogP contribution in [-0.4, -0.2) is 29.8 Å². The summed E-state index contributed by atoms with van der Waals surface area (Å²) in [4.78, 5) is 11.3.